The summed E-state index contributed by atoms with van der Waals surface area (Å²) < 4.78 is 5.01. The van der Waals surface area contributed by atoms with E-state index in [-0.39, 0.29) is 27.1 Å². The molecule has 1 heterocycles. The highest BCUT2D eigenvalue weighted by Crippen LogP contribution is 2.25. The molecule has 3 N–H and O–H groups in total. The SMILES string of the molecule is COc1ccc(C(=O)O)c(NC(=O)c2cc(Cl)c(Cl)[nH]2)c1. The molecule has 0 radical (unpaired) electrons. The standard InChI is InChI=1S/C13H10Cl2N2O4/c1-21-6-2-3-7(13(19)20)9(4-6)17-12(18)10-5-8(14)11(15)16-10/h2-5,16H,1H3,(H,17,18)(H,19,20). The number of carbonyl (C=O) groups is 2. The van der Waals surface area contributed by atoms with Crippen molar-refractivity contribution in [3.63, 3.8) is 0 Å². The first-order valence-electron chi connectivity index (χ1n) is 5.69. The molecule has 1 aromatic heterocycles. The number of carboxylic acid groups (broad SMARTS) is 1. The Labute approximate surface area is 129 Å². The third-order valence-corrected chi connectivity index (χ3v) is 3.37. The topological polar surface area (TPSA) is 91.4 Å². The molecule has 0 atom stereocenters. The monoisotopic (exact) mass is 328 g/mol. The molecular formula is C13H10Cl2N2O4. The van der Waals surface area contributed by atoms with Gasteiger partial charge in [0, 0.05) is 6.07 Å². The van der Waals surface area contributed by atoms with Gasteiger partial charge in [0.25, 0.3) is 5.91 Å². The van der Waals surface area contributed by atoms with E-state index in [2.05, 4.69) is 10.3 Å². The average Bonchev–Trinajstić information content (AvgIpc) is 2.78. The molecule has 0 aliphatic carbocycles. The first-order valence-corrected chi connectivity index (χ1v) is 6.44. The predicted octanol–water partition coefficient (Wildman–Crippen LogP) is 3.28. The molecular weight excluding hydrogens is 319 g/mol. The summed E-state index contributed by atoms with van der Waals surface area (Å²) in [6.07, 6.45) is 0. The molecule has 0 fully saturated rings. The van der Waals surface area contributed by atoms with Crippen LogP contribution in [0.2, 0.25) is 10.2 Å². The highest BCUT2D eigenvalue weighted by atomic mass is 35.5. The van der Waals surface area contributed by atoms with Crippen LogP contribution in [-0.2, 0) is 0 Å². The number of aromatic nitrogens is 1. The third kappa shape index (κ3) is 3.29. The van der Waals surface area contributed by atoms with Gasteiger partial charge in [0.15, 0.2) is 0 Å². The number of nitrogens with one attached hydrogen (secondary N) is 2. The van der Waals surface area contributed by atoms with Crippen molar-refractivity contribution in [3.05, 3.63) is 45.7 Å². The molecule has 0 saturated carbocycles. The molecule has 2 rings (SSSR count). The van der Waals surface area contributed by atoms with Crippen molar-refractivity contribution in [1.82, 2.24) is 4.98 Å². The lowest BCUT2D eigenvalue weighted by atomic mass is 10.1. The van der Waals surface area contributed by atoms with Crippen molar-refractivity contribution in [1.29, 1.82) is 0 Å². The second-order valence-corrected chi connectivity index (χ2v) is 4.80. The number of carbonyl (C=O) groups excluding carboxylic acids is 1. The van der Waals surface area contributed by atoms with Crippen LogP contribution < -0.4 is 10.1 Å². The quantitative estimate of drug-likeness (QED) is 0.803. The number of carboxylic acids is 1. The lowest BCUT2D eigenvalue weighted by Crippen LogP contribution is -2.15. The fourth-order valence-corrected chi connectivity index (χ4v) is 1.97. The Balaban J connectivity index is 2.33. The zero-order chi connectivity index (χ0) is 15.6. The Hall–Kier alpha value is -2.18. The van der Waals surface area contributed by atoms with E-state index in [0.717, 1.165) is 0 Å². The van der Waals surface area contributed by atoms with Crippen LogP contribution in [0.15, 0.2) is 24.3 Å². The number of halogens is 2. The number of anilines is 1. The van der Waals surface area contributed by atoms with E-state index < -0.39 is 11.9 Å². The molecule has 110 valence electrons. The van der Waals surface area contributed by atoms with Crippen LogP contribution in [0.4, 0.5) is 5.69 Å². The highest BCUT2D eigenvalue weighted by molar-refractivity contribution is 6.41. The van der Waals surface area contributed by atoms with Gasteiger partial charge in [-0.25, -0.2) is 4.79 Å². The van der Waals surface area contributed by atoms with Crippen LogP contribution in [0.3, 0.4) is 0 Å². The summed E-state index contributed by atoms with van der Waals surface area (Å²) in [4.78, 5) is 25.8. The maximum atomic E-state index is 12.1. The van der Waals surface area contributed by atoms with Crippen molar-refractivity contribution >= 4 is 40.8 Å². The fraction of sp³-hybridized carbons (Fsp3) is 0.0769. The van der Waals surface area contributed by atoms with Gasteiger partial charge in [-0.1, -0.05) is 23.2 Å². The summed E-state index contributed by atoms with van der Waals surface area (Å²) in [6, 6.07) is 5.58. The van der Waals surface area contributed by atoms with Crippen molar-refractivity contribution in [2.24, 2.45) is 0 Å². The lowest BCUT2D eigenvalue weighted by Gasteiger charge is -2.09. The Bertz CT molecular complexity index is 693. The normalized spacial score (nSPS) is 10.2. The predicted molar refractivity (Wildman–Crippen MR) is 78.7 cm³/mol. The van der Waals surface area contributed by atoms with E-state index >= 15 is 0 Å². The van der Waals surface area contributed by atoms with E-state index in [1.165, 1.54) is 31.4 Å². The largest absolute Gasteiger partial charge is 0.497 e. The first kappa shape index (κ1) is 15.2. The number of amides is 1. The van der Waals surface area contributed by atoms with Crippen LogP contribution in [0, 0.1) is 0 Å². The van der Waals surface area contributed by atoms with Crippen LogP contribution in [0.5, 0.6) is 5.75 Å². The van der Waals surface area contributed by atoms with Gasteiger partial charge in [-0.15, -0.1) is 0 Å². The van der Waals surface area contributed by atoms with Gasteiger partial charge in [-0.2, -0.15) is 0 Å². The average molecular weight is 329 g/mol. The van der Waals surface area contributed by atoms with E-state index in [1.54, 1.807) is 0 Å². The van der Waals surface area contributed by atoms with Gasteiger partial charge < -0.3 is 20.1 Å². The maximum absolute atomic E-state index is 12.1. The molecule has 0 aliphatic heterocycles. The lowest BCUT2D eigenvalue weighted by molar-refractivity contribution is 0.0698. The molecule has 0 bridgehead atoms. The third-order valence-electron chi connectivity index (χ3n) is 2.68. The molecule has 0 saturated heterocycles. The number of methoxy groups -OCH3 is 1. The molecule has 0 spiro atoms. The maximum Gasteiger partial charge on any atom is 0.337 e. The van der Waals surface area contributed by atoms with Gasteiger partial charge >= 0.3 is 5.97 Å². The Morgan fingerprint density at radius 3 is 2.52 bits per heavy atom. The van der Waals surface area contributed by atoms with E-state index in [9.17, 15) is 9.59 Å². The number of hydrogen-bond acceptors (Lipinski definition) is 3. The molecule has 1 aromatic carbocycles. The summed E-state index contributed by atoms with van der Waals surface area (Å²) in [5.74, 6) is -1.33. The number of aromatic amines is 1. The highest BCUT2D eigenvalue weighted by Gasteiger charge is 2.16. The van der Waals surface area contributed by atoms with Crippen LogP contribution in [0.1, 0.15) is 20.8 Å². The van der Waals surface area contributed by atoms with E-state index in [1.807, 2.05) is 0 Å². The van der Waals surface area contributed by atoms with Crippen molar-refractivity contribution in [2.75, 3.05) is 12.4 Å². The Kier molecular flexibility index (Phi) is 4.40. The summed E-state index contributed by atoms with van der Waals surface area (Å²) in [7, 11) is 1.44. The smallest absolute Gasteiger partial charge is 0.337 e. The number of ether oxygens (including phenoxy) is 1. The van der Waals surface area contributed by atoms with Crippen molar-refractivity contribution < 1.29 is 19.4 Å². The van der Waals surface area contributed by atoms with Crippen LogP contribution in [0.25, 0.3) is 0 Å². The number of benzene rings is 1. The Morgan fingerprint density at radius 2 is 2.00 bits per heavy atom. The summed E-state index contributed by atoms with van der Waals surface area (Å²) in [5, 5.41) is 11.9. The van der Waals surface area contributed by atoms with Crippen LogP contribution in [-0.4, -0.2) is 29.1 Å². The van der Waals surface area contributed by atoms with E-state index in [0.29, 0.717) is 5.75 Å². The van der Waals surface area contributed by atoms with Gasteiger partial charge in [0.05, 0.1) is 23.4 Å². The minimum Gasteiger partial charge on any atom is -0.497 e. The van der Waals surface area contributed by atoms with E-state index in [4.69, 9.17) is 33.0 Å². The summed E-state index contributed by atoms with van der Waals surface area (Å²) in [5.41, 5.74) is 0.158. The molecule has 1 amide bonds. The molecule has 0 unspecified atom stereocenters. The second kappa shape index (κ2) is 6.07. The molecule has 0 aliphatic rings. The minimum atomic E-state index is -1.17. The molecule has 8 heteroatoms. The molecule has 6 nitrogen and oxygen atoms in total. The Morgan fingerprint density at radius 1 is 1.29 bits per heavy atom. The molecule has 2 aromatic rings. The van der Waals surface area contributed by atoms with Gasteiger partial charge in [-0.05, 0) is 18.2 Å². The van der Waals surface area contributed by atoms with Gasteiger partial charge in [0.2, 0.25) is 0 Å². The van der Waals surface area contributed by atoms with Gasteiger partial charge in [-0.3, -0.25) is 4.79 Å². The van der Waals surface area contributed by atoms with Gasteiger partial charge in [0.1, 0.15) is 16.6 Å². The summed E-state index contributed by atoms with van der Waals surface area (Å²) in [6.45, 7) is 0. The molecule has 21 heavy (non-hydrogen) atoms. The first-order chi connectivity index (χ1) is 9.92. The summed E-state index contributed by atoms with van der Waals surface area (Å²) >= 11 is 11.5. The number of H-pyrrole nitrogens is 1. The van der Waals surface area contributed by atoms with Crippen LogP contribution >= 0.6 is 23.2 Å². The van der Waals surface area contributed by atoms with Crippen molar-refractivity contribution in [3.8, 4) is 5.75 Å². The number of aromatic carboxylic acids is 1. The minimum absolute atomic E-state index is 0.0621. The zero-order valence-corrected chi connectivity index (χ0v) is 12.2. The second-order valence-electron chi connectivity index (χ2n) is 4.02. The van der Waals surface area contributed by atoms with Crippen molar-refractivity contribution in [2.45, 2.75) is 0 Å². The number of rotatable bonds is 4. The zero-order valence-electron chi connectivity index (χ0n) is 10.7. The fourth-order valence-electron chi connectivity index (χ4n) is 1.66. The number of hydrogen-bond donors (Lipinski definition) is 3.